The molecule has 4 rings (SSSR count). The summed E-state index contributed by atoms with van der Waals surface area (Å²) in [5.41, 5.74) is 2.32. The Labute approximate surface area is 177 Å². The van der Waals surface area contributed by atoms with Crippen molar-refractivity contribution < 1.29 is 13.9 Å². The molecule has 0 atom stereocenters. The number of benzene rings is 2. The average molecular weight is 405 g/mol. The van der Waals surface area contributed by atoms with Crippen LogP contribution in [0.2, 0.25) is 0 Å². The van der Waals surface area contributed by atoms with E-state index < -0.39 is 0 Å². The van der Waals surface area contributed by atoms with Crippen molar-refractivity contribution in [3.05, 3.63) is 78.1 Å². The molecule has 5 heteroatoms. The van der Waals surface area contributed by atoms with Crippen LogP contribution in [0.5, 0.6) is 5.75 Å². The van der Waals surface area contributed by atoms with Crippen LogP contribution in [0.3, 0.4) is 0 Å². The SMILES string of the molecule is COc1ccc(-c2ccc(CCC(=O)N3CCN(Cc4ccccc4)CC3)o2)cc1. The van der Waals surface area contributed by atoms with Crippen molar-refractivity contribution in [2.45, 2.75) is 19.4 Å². The Morgan fingerprint density at radius 1 is 0.933 bits per heavy atom. The fraction of sp³-hybridized carbons (Fsp3) is 0.320. The standard InChI is InChI=1S/C25H28N2O3/c1-29-22-9-7-21(8-10-22)24-13-11-23(30-24)12-14-25(28)27-17-15-26(16-18-27)19-20-5-3-2-4-6-20/h2-11,13H,12,14-19H2,1H3. The first kappa shape index (κ1) is 20.2. The normalized spacial score (nSPS) is 14.6. The zero-order valence-electron chi connectivity index (χ0n) is 17.4. The summed E-state index contributed by atoms with van der Waals surface area (Å²) in [5.74, 6) is 2.68. The summed E-state index contributed by atoms with van der Waals surface area (Å²) < 4.78 is 11.1. The molecule has 156 valence electrons. The number of ether oxygens (including phenoxy) is 1. The molecule has 5 nitrogen and oxygen atoms in total. The molecular weight excluding hydrogens is 376 g/mol. The van der Waals surface area contributed by atoms with Crippen molar-refractivity contribution in [1.82, 2.24) is 9.80 Å². The second-order valence-corrected chi connectivity index (χ2v) is 7.64. The van der Waals surface area contributed by atoms with Crippen LogP contribution in [0.15, 0.2) is 71.1 Å². The van der Waals surface area contributed by atoms with Gasteiger partial charge in [0.05, 0.1) is 7.11 Å². The van der Waals surface area contributed by atoms with Gasteiger partial charge in [-0.1, -0.05) is 30.3 Å². The molecule has 0 N–H and O–H groups in total. The van der Waals surface area contributed by atoms with Crippen LogP contribution in [0.25, 0.3) is 11.3 Å². The molecule has 1 amide bonds. The van der Waals surface area contributed by atoms with Crippen LogP contribution >= 0.6 is 0 Å². The van der Waals surface area contributed by atoms with E-state index in [2.05, 4.69) is 29.2 Å². The first-order chi connectivity index (χ1) is 14.7. The Kier molecular flexibility index (Phi) is 6.50. The summed E-state index contributed by atoms with van der Waals surface area (Å²) in [6.45, 7) is 4.37. The van der Waals surface area contributed by atoms with Gasteiger partial charge in [-0.15, -0.1) is 0 Å². The van der Waals surface area contributed by atoms with Gasteiger partial charge in [0.2, 0.25) is 5.91 Å². The largest absolute Gasteiger partial charge is 0.497 e. The topological polar surface area (TPSA) is 45.9 Å². The summed E-state index contributed by atoms with van der Waals surface area (Å²) in [6.07, 6.45) is 1.10. The molecule has 0 saturated carbocycles. The maximum absolute atomic E-state index is 12.6. The maximum Gasteiger partial charge on any atom is 0.223 e. The van der Waals surface area contributed by atoms with Gasteiger partial charge in [0.25, 0.3) is 0 Å². The number of carbonyl (C=O) groups excluding carboxylic acids is 1. The number of aryl methyl sites for hydroxylation is 1. The Bertz CT molecular complexity index is 942. The van der Waals surface area contributed by atoms with Gasteiger partial charge in [-0.3, -0.25) is 9.69 Å². The van der Waals surface area contributed by atoms with E-state index in [-0.39, 0.29) is 5.91 Å². The molecule has 0 radical (unpaired) electrons. The second kappa shape index (κ2) is 9.63. The molecule has 1 saturated heterocycles. The third-order valence-electron chi connectivity index (χ3n) is 5.60. The summed E-state index contributed by atoms with van der Waals surface area (Å²) in [4.78, 5) is 17.0. The smallest absolute Gasteiger partial charge is 0.223 e. The Hall–Kier alpha value is -3.05. The van der Waals surface area contributed by atoms with E-state index in [4.69, 9.17) is 9.15 Å². The second-order valence-electron chi connectivity index (χ2n) is 7.64. The van der Waals surface area contributed by atoms with Gasteiger partial charge < -0.3 is 14.1 Å². The highest BCUT2D eigenvalue weighted by Crippen LogP contribution is 2.25. The minimum Gasteiger partial charge on any atom is -0.497 e. The lowest BCUT2D eigenvalue weighted by atomic mass is 10.1. The first-order valence-electron chi connectivity index (χ1n) is 10.5. The van der Waals surface area contributed by atoms with Crippen LogP contribution in [0, 0.1) is 0 Å². The van der Waals surface area contributed by atoms with Crippen molar-refractivity contribution in [2.75, 3.05) is 33.3 Å². The fourth-order valence-corrected chi connectivity index (χ4v) is 3.81. The minimum atomic E-state index is 0.205. The van der Waals surface area contributed by atoms with Crippen LogP contribution < -0.4 is 4.74 Å². The number of piperazine rings is 1. The summed E-state index contributed by atoms with van der Waals surface area (Å²) in [5, 5.41) is 0. The quantitative estimate of drug-likeness (QED) is 0.591. The number of nitrogens with zero attached hydrogens (tertiary/aromatic N) is 2. The maximum atomic E-state index is 12.6. The van der Waals surface area contributed by atoms with Crippen molar-refractivity contribution in [3.63, 3.8) is 0 Å². The molecule has 0 aliphatic carbocycles. The third kappa shape index (κ3) is 5.10. The summed E-state index contributed by atoms with van der Waals surface area (Å²) in [7, 11) is 1.65. The van der Waals surface area contributed by atoms with Gasteiger partial charge >= 0.3 is 0 Å². The van der Waals surface area contributed by atoms with E-state index in [9.17, 15) is 4.79 Å². The van der Waals surface area contributed by atoms with Gasteiger partial charge in [-0.05, 0) is 42.0 Å². The zero-order valence-corrected chi connectivity index (χ0v) is 17.4. The highest BCUT2D eigenvalue weighted by atomic mass is 16.5. The van der Waals surface area contributed by atoms with Crippen molar-refractivity contribution in [3.8, 4) is 17.1 Å². The van der Waals surface area contributed by atoms with Gasteiger partial charge in [0.1, 0.15) is 17.3 Å². The number of furan rings is 1. The van der Waals surface area contributed by atoms with E-state index in [0.717, 1.165) is 55.6 Å². The van der Waals surface area contributed by atoms with Crippen molar-refractivity contribution in [1.29, 1.82) is 0 Å². The number of hydrogen-bond donors (Lipinski definition) is 0. The molecule has 30 heavy (non-hydrogen) atoms. The molecule has 1 aliphatic rings. The lowest BCUT2D eigenvalue weighted by molar-refractivity contribution is -0.133. The van der Waals surface area contributed by atoms with E-state index in [1.165, 1.54) is 5.56 Å². The van der Waals surface area contributed by atoms with Crippen LogP contribution in [0.1, 0.15) is 17.7 Å². The highest BCUT2D eigenvalue weighted by molar-refractivity contribution is 5.76. The lowest BCUT2D eigenvalue weighted by Crippen LogP contribution is -2.48. The van der Waals surface area contributed by atoms with Crippen LogP contribution in [0.4, 0.5) is 0 Å². The molecule has 1 aromatic heterocycles. The van der Waals surface area contributed by atoms with E-state index >= 15 is 0 Å². The molecule has 2 heterocycles. The molecule has 3 aromatic rings. The minimum absolute atomic E-state index is 0.205. The van der Waals surface area contributed by atoms with Crippen LogP contribution in [-0.4, -0.2) is 49.0 Å². The predicted molar refractivity (Wildman–Crippen MR) is 117 cm³/mol. The van der Waals surface area contributed by atoms with Gasteiger partial charge in [0.15, 0.2) is 0 Å². The van der Waals surface area contributed by atoms with E-state index in [1.54, 1.807) is 7.11 Å². The summed E-state index contributed by atoms with van der Waals surface area (Å²) in [6, 6.07) is 22.2. The lowest BCUT2D eigenvalue weighted by Gasteiger charge is -2.34. The van der Waals surface area contributed by atoms with Gasteiger partial charge in [-0.2, -0.15) is 0 Å². The Morgan fingerprint density at radius 3 is 2.37 bits per heavy atom. The Morgan fingerprint density at radius 2 is 1.67 bits per heavy atom. The fourth-order valence-electron chi connectivity index (χ4n) is 3.81. The average Bonchev–Trinajstić information content (AvgIpc) is 3.28. The van der Waals surface area contributed by atoms with Crippen molar-refractivity contribution >= 4 is 5.91 Å². The molecule has 0 spiro atoms. The molecule has 1 fully saturated rings. The molecule has 0 unspecified atom stereocenters. The highest BCUT2D eigenvalue weighted by Gasteiger charge is 2.21. The number of methoxy groups -OCH3 is 1. The zero-order chi connectivity index (χ0) is 20.8. The molecule has 1 aliphatic heterocycles. The number of hydrogen-bond acceptors (Lipinski definition) is 4. The number of rotatable bonds is 7. The number of carbonyl (C=O) groups is 1. The number of amides is 1. The molecule has 0 bridgehead atoms. The van der Waals surface area contributed by atoms with E-state index in [0.29, 0.717) is 12.8 Å². The van der Waals surface area contributed by atoms with Crippen molar-refractivity contribution in [2.24, 2.45) is 0 Å². The molecular formula is C25H28N2O3. The Balaban J connectivity index is 1.24. The van der Waals surface area contributed by atoms with Gasteiger partial charge in [0, 0.05) is 51.1 Å². The first-order valence-corrected chi connectivity index (χ1v) is 10.5. The summed E-state index contributed by atoms with van der Waals surface area (Å²) >= 11 is 0. The molecule has 2 aromatic carbocycles. The van der Waals surface area contributed by atoms with E-state index in [1.807, 2.05) is 47.4 Å². The third-order valence-corrected chi connectivity index (χ3v) is 5.60. The van der Waals surface area contributed by atoms with Crippen LogP contribution in [-0.2, 0) is 17.8 Å². The predicted octanol–water partition coefficient (Wildman–Crippen LogP) is 4.23. The van der Waals surface area contributed by atoms with Gasteiger partial charge in [-0.25, -0.2) is 0 Å². The monoisotopic (exact) mass is 404 g/mol.